The molecular formula is C10H17NO. The van der Waals surface area contributed by atoms with Crippen molar-refractivity contribution in [1.29, 1.82) is 0 Å². The van der Waals surface area contributed by atoms with Crippen LogP contribution in [0.4, 0.5) is 0 Å². The van der Waals surface area contributed by atoms with Gasteiger partial charge in [0.05, 0.1) is 0 Å². The van der Waals surface area contributed by atoms with Crippen LogP contribution >= 0.6 is 0 Å². The third kappa shape index (κ3) is 3.37. The Morgan fingerprint density at radius 1 is 1.33 bits per heavy atom. The van der Waals surface area contributed by atoms with Crippen LogP contribution in [-0.2, 0) is 4.79 Å². The molecule has 0 saturated heterocycles. The summed E-state index contributed by atoms with van der Waals surface area (Å²) in [5.41, 5.74) is 0. The molecule has 0 saturated carbocycles. The third-order valence-corrected chi connectivity index (χ3v) is 1.50. The van der Waals surface area contributed by atoms with Gasteiger partial charge in [0.1, 0.15) is 0 Å². The molecule has 0 aromatic rings. The quantitative estimate of drug-likeness (QED) is 0.572. The van der Waals surface area contributed by atoms with Crippen molar-refractivity contribution in [1.82, 2.24) is 4.90 Å². The van der Waals surface area contributed by atoms with Crippen LogP contribution in [0.3, 0.4) is 0 Å². The Hall–Kier alpha value is -1.05. The minimum atomic E-state index is 0.0462. The minimum Gasteiger partial charge on any atom is -0.335 e. The van der Waals surface area contributed by atoms with E-state index in [1.807, 2.05) is 13.8 Å². The number of rotatable bonds is 5. The Kier molecular flexibility index (Phi) is 5.09. The molecule has 0 aliphatic rings. The van der Waals surface area contributed by atoms with Crippen LogP contribution in [-0.4, -0.2) is 23.9 Å². The molecule has 0 atom stereocenters. The summed E-state index contributed by atoms with van der Waals surface area (Å²) in [4.78, 5) is 13.2. The summed E-state index contributed by atoms with van der Waals surface area (Å²) in [6.45, 7) is 12.2. The van der Waals surface area contributed by atoms with Crippen LogP contribution in [0.25, 0.3) is 0 Å². The van der Waals surface area contributed by atoms with E-state index in [-0.39, 0.29) is 11.8 Å². The molecule has 68 valence electrons. The molecule has 0 N–H and O–H groups in total. The monoisotopic (exact) mass is 167 g/mol. The molecule has 0 aromatic heterocycles. The Morgan fingerprint density at radius 3 is 2.00 bits per heavy atom. The second-order valence-electron chi connectivity index (χ2n) is 2.98. The normalized spacial score (nSPS) is 9.58. The van der Waals surface area contributed by atoms with Gasteiger partial charge in [0.2, 0.25) is 5.91 Å². The molecule has 0 fully saturated rings. The van der Waals surface area contributed by atoms with Crippen molar-refractivity contribution in [2.75, 3.05) is 13.1 Å². The summed E-state index contributed by atoms with van der Waals surface area (Å²) >= 11 is 0. The van der Waals surface area contributed by atoms with Gasteiger partial charge in [-0.05, 0) is 0 Å². The topological polar surface area (TPSA) is 20.3 Å². The van der Waals surface area contributed by atoms with E-state index >= 15 is 0 Å². The van der Waals surface area contributed by atoms with Crippen molar-refractivity contribution in [3.8, 4) is 0 Å². The smallest absolute Gasteiger partial charge is 0.225 e. The minimum absolute atomic E-state index is 0.0462. The van der Waals surface area contributed by atoms with Crippen LogP contribution in [0, 0.1) is 5.92 Å². The third-order valence-electron chi connectivity index (χ3n) is 1.50. The molecule has 0 heterocycles. The van der Waals surface area contributed by atoms with E-state index in [4.69, 9.17) is 0 Å². The first-order valence-corrected chi connectivity index (χ1v) is 4.14. The van der Waals surface area contributed by atoms with Crippen molar-refractivity contribution >= 4 is 5.91 Å². The van der Waals surface area contributed by atoms with Crippen molar-refractivity contribution in [3.05, 3.63) is 25.3 Å². The number of amides is 1. The molecule has 0 aliphatic carbocycles. The highest BCUT2D eigenvalue weighted by atomic mass is 16.2. The summed E-state index contributed by atoms with van der Waals surface area (Å²) in [6.07, 6.45) is 3.45. The van der Waals surface area contributed by atoms with E-state index in [0.717, 1.165) is 0 Å². The fourth-order valence-corrected chi connectivity index (χ4v) is 0.931. The lowest BCUT2D eigenvalue weighted by Crippen LogP contribution is -2.34. The summed E-state index contributed by atoms with van der Waals surface area (Å²) in [5.74, 6) is 0.194. The van der Waals surface area contributed by atoms with E-state index in [0.29, 0.717) is 13.1 Å². The van der Waals surface area contributed by atoms with E-state index in [1.54, 1.807) is 17.1 Å². The number of nitrogens with zero attached hydrogens (tertiary/aromatic N) is 1. The summed E-state index contributed by atoms with van der Waals surface area (Å²) in [5, 5.41) is 0. The van der Waals surface area contributed by atoms with E-state index in [9.17, 15) is 4.79 Å². The first-order valence-electron chi connectivity index (χ1n) is 4.14. The summed E-state index contributed by atoms with van der Waals surface area (Å²) in [6, 6.07) is 0. The first kappa shape index (κ1) is 11.0. The van der Waals surface area contributed by atoms with Crippen molar-refractivity contribution in [2.24, 2.45) is 5.92 Å². The van der Waals surface area contributed by atoms with Gasteiger partial charge in [-0.1, -0.05) is 26.0 Å². The predicted octanol–water partition coefficient (Wildman–Crippen LogP) is 1.84. The maximum atomic E-state index is 11.5. The standard InChI is InChI=1S/C10H17NO/c1-5-7-11(8-6-2)10(12)9(3)4/h5-6,9H,1-2,7-8H2,3-4H3. The average Bonchev–Trinajstić information content (AvgIpc) is 2.03. The molecule has 0 rings (SSSR count). The fourth-order valence-electron chi connectivity index (χ4n) is 0.931. The maximum Gasteiger partial charge on any atom is 0.225 e. The lowest BCUT2D eigenvalue weighted by atomic mass is 10.2. The van der Waals surface area contributed by atoms with Gasteiger partial charge in [-0.15, -0.1) is 13.2 Å². The predicted molar refractivity (Wildman–Crippen MR) is 51.8 cm³/mol. The van der Waals surface area contributed by atoms with E-state index < -0.39 is 0 Å². The van der Waals surface area contributed by atoms with E-state index in [1.165, 1.54) is 0 Å². The zero-order valence-corrected chi connectivity index (χ0v) is 7.92. The largest absolute Gasteiger partial charge is 0.335 e. The number of carbonyl (C=O) groups is 1. The molecule has 1 amide bonds. The Morgan fingerprint density at radius 2 is 1.75 bits per heavy atom. The van der Waals surface area contributed by atoms with Crippen molar-refractivity contribution in [3.63, 3.8) is 0 Å². The Balaban J connectivity index is 4.17. The second kappa shape index (κ2) is 5.58. The molecule has 0 radical (unpaired) electrons. The molecule has 0 aliphatic heterocycles. The van der Waals surface area contributed by atoms with Gasteiger partial charge >= 0.3 is 0 Å². The Bertz CT molecular complexity index is 163. The highest BCUT2D eigenvalue weighted by Gasteiger charge is 2.13. The van der Waals surface area contributed by atoms with Gasteiger partial charge in [-0.2, -0.15) is 0 Å². The van der Waals surface area contributed by atoms with Crippen LogP contribution in [0.5, 0.6) is 0 Å². The number of hydrogen-bond donors (Lipinski definition) is 0. The van der Waals surface area contributed by atoms with Gasteiger partial charge in [-0.25, -0.2) is 0 Å². The molecule has 12 heavy (non-hydrogen) atoms. The van der Waals surface area contributed by atoms with Gasteiger partial charge in [0, 0.05) is 19.0 Å². The van der Waals surface area contributed by atoms with Crippen LogP contribution in [0.2, 0.25) is 0 Å². The van der Waals surface area contributed by atoms with Crippen LogP contribution in [0.15, 0.2) is 25.3 Å². The molecule has 2 nitrogen and oxygen atoms in total. The fraction of sp³-hybridized carbons (Fsp3) is 0.500. The molecular weight excluding hydrogens is 150 g/mol. The zero-order valence-electron chi connectivity index (χ0n) is 7.92. The van der Waals surface area contributed by atoms with Crippen LogP contribution < -0.4 is 0 Å². The highest BCUT2D eigenvalue weighted by molar-refractivity contribution is 5.78. The molecule has 0 unspecified atom stereocenters. The van der Waals surface area contributed by atoms with E-state index in [2.05, 4.69) is 13.2 Å². The van der Waals surface area contributed by atoms with Gasteiger partial charge in [-0.3, -0.25) is 4.79 Å². The summed E-state index contributed by atoms with van der Waals surface area (Å²) in [7, 11) is 0. The summed E-state index contributed by atoms with van der Waals surface area (Å²) < 4.78 is 0. The number of hydrogen-bond acceptors (Lipinski definition) is 1. The Labute approximate surface area is 74.6 Å². The maximum absolute atomic E-state index is 11.5. The van der Waals surface area contributed by atoms with Crippen molar-refractivity contribution in [2.45, 2.75) is 13.8 Å². The molecule has 0 aromatic carbocycles. The molecule has 0 spiro atoms. The lowest BCUT2D eigenvalue weighted by Gasteiger charge is -2.21. The van der Waals surface area contributed by atoms with Crippen molar-refractivity contribution < 1.29 is 4.79 Å². The molecule has 2 heteroatoms. The second-order valence-corrected chi connectivity index (χ2v) is 2.98. The SMILES string of the molecule is C=CCN(CC=C)C(=O)C(C)C. The number of carbonyl (C=O) groups excluding carboxylic acids is 1. The first-order chi connectivity index (χ1) is 5.63. The van der Waals surface area contributed by atoms with Crippen LogP contribution in [0.1, 0.15) is 13.8 Å². The average molecular weight is 167 g/mol. The van der Waals surface area contributed by atoms with Gasteiger partial charge in [0.15, 0.2) is 0 Å². The molecule has 0 bridgehead atoms. The highest BCUT2D eigenvalue weighted by Crippen LogP contribution is 2.01. The van der Waals surface area contributed by atoms with Gasteiger partial charge in [0.25, 0.3) is 0 Å². The lowest BCUT2D eigenvalue weighted by molar-refractivity contribution is -0.133. The van der Waals surface area contributed by atoms with Gasteiger partial charge < -0.3 is 4.90 Å². The zero-order chi connectivity index (χ0) is 9.56.